The number of benzene rings is 1. The van der Waals surface area contributed by atoms with Gasteiger partial charge in [0.05, 0.1) is 26.4 Å². The van der Waals surface area contributed by atoms with Crippen molar-refractivity contribution in [1.29, 1.82) is 0 Å². The van der Waals surface area contributed by atoms with Crippen molar-refractivity contribution in [3.63, 3.8) is 0 Å². The molecule has 1 aromatic carbocycles. The molecule has 31 heavy (non-hydrogen) atoms. The van der Waals surface area contributed by atoms with Crippen LogP contribution in [-0.2, 0) is 9.47 Å². The smallest absolute Gasteiger partial charge is 0.229 e. The van der Waals surface area contributed by atoms with Gasteiger partial charge in [0.1, 0.15) is 11.3 Å². The molecule has 160 valence electrons. The van der Waals surface area contributed by atoms with E-state index in [0.717, 1.165) is 65.5 Å². The fraction of sp³-hybridized carbons (Fsp3) is 0.409. The Balaban J connectivity index is 1.51. The lowest BCUT2D eigenvalue weighted by Gasteiger charge is -2.30. The summed E-state index contributed by atoms with van der Waals surface area (Å²) in [6, 6.07) is 8.39. The first kappa shape index (κ1) is 18.6. The van der Waals surface area contributed by atoms with Crippen molar-refractivity contribution < 1.29 is 9.47 Å². The summed E-state index contributed by atoms with van der Waals surface area (Å²) in [5.41, 5.74) is 4.85. The Bertz CT molecular complexity index is 1240. The maximum absolute atomic E-state index is 5.56. The molecule has 2 aliphatic heterocycles. The van der Waals surface area contributed by atoms with Crippen LogP contribution in [0.3, 0.4) is 0 Å². The molecule has 6 rings (SSSR count). The fourth-order valence-corrected chi connectivity index (χ4v) is 4.41. The molecule has 0 bridgehead atoms. The number of fused-ring (bicyclic) bond motifs is 2. The number of aromatic nitrogens is 5. The first-order valence-corrected chi connectivity index (χ1v) is 10.8. The fourth-order valence-electron chi connectivity index (χ4n) is 4.41. The van der Waals surface area contributed by atoms with E-state index in [0.29, 0.717) is 38.0 Å². The Morgan fingerprint density at radius 2 is 1.61 bits per heavy atom. The molecule has 0 saturated carbocycles. The molecular formula is C22H25N7O2. The van der Waals surface area contributed by atoms with Crippen LogP contribution < -0.4 is 9.80 Å². The largest absolute Gasteiger partial charge is 0.378 e. The number of imidazole rings is 1. The van der Waals surface area contributed by atoms with E-state index in [4.69, 9.17) is 24.4 Å². The first-order chi connectivity index (χ1) is 15.3. The van der Waals surface area contributed by atoms with Gasteiger partial charge in [0.15, 0.2) is 11.5 Å². The second-order valence-electron chi connectivity index (χ2n) is 8.05. The van der Waals surface area contributed by atoms with E-state index >= 15 is 0 Å². The zero-order valence-electron chi connectivity index (χ0n) is 17.5. The summed E-state index contributed by atoms with van der Waals surface area (Å²) in [4.78, 5) is 26.1. The lowest BCUT2D eigenvalue weighted by atomic mass is 10.1. The van der Waals surface area contributed by atoms with Gasteiger partial charge in [-0.1, -0.05) is 12.1 Å². The van der Waals surface area contributed by atoms with Gasteiger partial charge in [-0.05, 0) is 19.1 Å². The molecule has 9 heteroatoms. The van der Waals surface area contributed by atoms with E-state index in [1.54, 1.807) is 0 Å². The minimum absolute atomic E-state index is 0.689. The van der Waals surface area contributed by atoms with Gasteiger partial charge in [-0.15, -0.1) is 0 Å². The maximum atomic E-state index is 5.56. The average Bonchev–Trinajstić information content (AvgIpc) is 3.42. The van der Waals surface area contributed by atoms with Crippen molar-refractivity contribution in [2.45, 2.75) is 6.92 Å². The molecule has 0 spiro atoms. The molecule has 2 fully saturated rings. The Morgan fingerprint density at radius 3 is 2.39 bits per heavy atom. The van der Waals surface area contributed by atoms with E-state index in [9.17, 15) is 0 Å². The molecule has 4 aromatic rings. The van der Waals surface area contributed by atoms with Crippen LogP contribution in [0.15, 0.2) is 24.3 Å². The molecule has 9 nitrogen and oxygen atoms in total. The van der Waals surface area contributed by atoms with Crippen LogP contribution in [0.25, 0.3) is 33.5 Å². The number of hydrogen-bond donors (Lipinski definition) is 2. The molecule has 0 radical (unpaired) electrons. The molecule has 5 heterocycles. The second-order valence-corrected chi connectivity index (χ2v) is 8.05. The Hall–Kier alpha value is -3.17. The normalized spacial score (nSPS) is 17.7. The highest BCUT2D eigenvalue weighted by molar-refractivity contribution is 5.96. The molecule has 0 unspecified atom stereocenters. The Morgan fingerprint density at radius 1 is 0.871 bits per heavy atom. The number of nitrogens with one attached hydrogen (secondary N) is 2. The summed E-state index contributed by atoms with van der Waals surface area (Å²) in [5, 5.41) is 1.15. The number of morpholine rings is 2. The predicted octanol–water partition coefficient (Wildman–Crippen LogP) is 2.48. The van der Waals surface area contributed by atoms with Crippen molar-refractivity contribution in [3.8, 4) is 11.4 Å². The van der Waals surface area contributed by atoms with Crippen LogP contribution in [0.1, 0.15) is 5.69 Å². The van der Waals surface area contributed by atoms with Crippen molar-refractivity contribution in [2.24, 2.45) is 0 Å². The molecule has 0 aliphatic carbocycles. The van der Waals surface area contributed by atoms with Gasteiger partial charge in [-0.3, -0.25) is 0 Å². The Kier molecular flexibility index (Phi) is 4.50. The topological polar surface area (TPSA) is 95.2 Å². The molecule has 2 N–H and O–H groups in total. The highest BCUT2D eigenvalue weighted by Gasteiger charge is 2.23. The van der Waals surface area contributed by atoms with Gasteiger partial charge in [0.25, 0.3) is 0 Å². The number of anilines is 2. The van der Waals surface area contributed by atoms with Gasteiger partial charge in [-0.25, -0.2) is 4.98 Å². The zero-order chi connectivity index (χ0) is 20.8. The SMILES string of the molecule is Cc1cc2c(-c3nc4nc(N5CCOCC5)nc(N5CCOCC5)c4[nH]3)cccc2[nH]1. The summed E-state index contributed by atoms with van der Waals surface area (Å²) < 4.78 is 11.1. The minimum atomic E-state index is 0.689. The van der Waals surface area contributed by atoms with Gasteiger partial charge < -0.3 is 29.2 Å². The molecular weight excluding hydrogens is 394 g/mol. The summed E-state index contributed by atoms with van der Waals surface area (Å²) in [6.45, 7) is 8.01. The molecule has 0 amide bonds. The third-order valence-electron chi connectivity index (χ3n) is 5.98. The maximum Gasteiger partial charge on any atom is 0.229 e. The monoisotopic (exact) mass is 419 g/mol. The van der Waals surface area contributed by atoms with Crippen molar-refractivity contribution >= 4 is 33.8 Å². The van der Waals surface area contributed by atoms with Gasteiger partial charge in [-0.2, -0.15) is 9.97 Å². The molecule has 2 aliphatic rings. The Labute approximate surface area is 179 Å². The average molecular weight is 419 g/mol. The number of H-pyrrole nitrogens is 2. The van der Waals surface area contributed by atoms with Gasteiger partial charge in [0, 0.05) is 48.3 Å². The summed E-state index contributed by atoms with van der Waals surface area (Å²) >= 11 is 0. The van der Waals surface area contributed by atoms with E-state index in [2.05, 4.69) is 51.0 Å². The third-order valence-corrected chi connectivity index (χ3v) is 5.98. The zero-order valence-corrected chi connectivity index (χ0v) is 17.5. The lowest BCUT2D eigenvalue weighted by Crippen LogP contribution is -2.39. The van der Waals surface area contributed by atoms with Crippen LogP contribution in [0.5, 0.6) is 0 Å². The third kappa shape index (κ3) is 3.30. The van der Waals surface area contributed by atoms with Crippen LogP contribution >= 0.6 is 0 Å². The number of ether oxygens (including phenoxy) is 2. The van der Waals surface area contributed by atoms with Crippen molar-refractivity contribution in [3.05, 3.63) is 30.0 Å². The quantitative estimate of drug-likeness (QED) is 0.527. The molecule has 2 saturated heterocycles. The highest BCUT2D eigenvalue weighted by Crippen LogP contribution is 2.32. The number of aromatic amines is 2. The van der Waals surface area contributed by atoms with Crippen molar-refractivity contribution in [1.82, 2.24) is 24.9 Å². The van der Waals surface area contributed by atoms with E-state index in [1.165, 1.54) is 0 Å². The van der Waals surface area contributed by atoms with E-state index in [1.807, 2.05) is 0 Å². The van der Waals surface area contributed by atoms with Gasteiger partial charge in [0.2, 0.25) is 5.95 Å². The van der Waals surface area contributed by atoms with Crippen molar-refractivity contribution in [2.75, 3.05) is 62.4 Å². The highest BCUT2D eigenvalue weighted by atomic mass is 16.5. The summed E-state index contributed by atoms with van der Waals surface area (Å²) in [5.74, 6) is 2.42. The predicted molar refractivity (Wildman–Crippen MR) is 120 cm³/mol. The lowest BCUT2D eigenvalue weighted by molar-refractivity contribution is 0.121. The van der Waals surface area contributed by atoms with E-state index in [-0.39, 0.29) is 0 Å². The second kappa shape index (κ2) is 7.51. The van der Waals surface area contributed by atoms with Crippen LogP contribution in [-0.4, -0.2) is 77.5 Å². The molecule has 3 aromatic heterocycles. The standard InChI is InChI=1S/C22H25N7O2/c1-14-13-16-15(3-2-4-17(16)23-14)19-24-18-20(25-19)26-22(29-7-11-31-12-8-29)27-21(18)28-5-9-30-10-6-28/h2-4,13,23H,5-12H2,1H3,(H,24,25,26,27). The van der Waals surface area contributed by atoms with E-state index < -0.39 is 0 Å². The van der Waals surface area contributed by atoms with Crippen LogP contribution in [0, 0.1) is 6.92 Å². The first-order valence-electron chi connectivity index (χ1n) is 10.8. The number of rotatable bonds is 3. The summed E-state index contributed by atoms with van der Waals surface area (Å²) in [7, 11) is 0. The van der Waals surface area contributed by atoms with Crippen LogP contribution in [0.2, 0.25) is 0 Å². The minimum Gasteiger partial charge on any atom is -0.378 e. The number of nitrogens with zero attached hydrogens (tertiary/aromatic N) is 5. The number of aryl methyl sites for hydroxylation is 1. The van der Waals surface area contributed by atoms with Gasteiger partial charge >= 0.3 is 0 Å². The summed E-state index contributed by atoms with van der Waals surface area (Å²) in [6.07, 6.45) is 0. The number of hydrogen-bond acceptors (Lipinski definition) is 7. The van der Waals surface area contributed by atoms with Crippen LogP contribution in [0.4, 0.5) is 11.8 Å². The molecule has 0 atom stereocenters.